The highest BCUT2D eigenvalue weighted by Crippen LogP contribution is 2.19. The highest BCUT2D eigenvalue weighted by molar-refractivity contribution is 5.69. The van der Waals surface area contributed by atoms with Gasteiger partial charge < -0.3 is 20.7 Å². The van der Waals surface area contributed by atoms with Crippen LogP contribution in [0.15, 0.2) is 18.3 Å². The Morgan fingerprint density at radius 3 is 2.88 bits per heavy atom. The molecule has 4 N–H and O–H groups in total. The lowest BCUT2D eigenvalue weighted by atomic mass is 10.0. The van der Waals surface area contributed by atoms with Crippen molar-refractivity contribution in [3.63, 3.8) is 0 Å². The van der Waals surface area contributed by atoms with Crippen LogP contribution < -0.4 is 5.73 Å². The summed E-state index contributed by atoms with van der Waals surface area (Å²) in [5.41, 5.74) is 5.83. The quantitative estimate of drug-likeness (QED) is 0.604. The molecule has 0 saturated carbocycles. The van der Waals surface area contributed by atoms with E-state index in [4.69, 9.17) is 5.73 Å². The monoisotopic (exact) mass is 226 g/mol. The first-order valence-corrected chi connectivity index (χ1v) is 4.69. The molecule has 0 amide bonds. The molecule has 0 aliphatic carbocycles. The molecule has 6 nitrogen and oxygen atoms in total. The SMILES string of the molecule is COC(=O)CC(O)C(O)c1ccnc(N)c1. The maximum absolute atomic E-state index is 10.9. The minimum atomic E-state index is -1.23. The fraction of sp³-hybridized carbons (Fsp3) is 0.400. The van der Waals surface area contributed by atoms with Crippen molar-refractivity contribution in [2.75, 3.05) is 12.8 Å². The van der Waals surface area contributed by atoms with Gasteiger partial charge in [0, 0.05) is 6.20 Å². The van der Waals surface area contributed by atoms with E-state index in [1.54, 1.807) is 0 Å². The van der Waals surface area contributed by atoms with Crippen LogP contribution in [-0.4, -0.2) is 34.4 Å². The number of nitrogen functional groups attached to an aromatic ring is 1. The van der Waals surface area contributed by atoms with Crippen LogP contribution in [0.1, 0.15) is 18.1 Å². The second kappa shape index (κ2) is 5.43. The zero-order valence-corrected chi connectivity index (χ0v) is 8.83. The van der Waals surface area contributed by atoms with E-state index in [1.807, 2.05) is 0 Å². The highest BCUT2D eigenvalue weighted by Gasteiger charge is 2.21. The lowest BCUT2D eigenvalue weighted by Crippen LogP contribution is -2.22. The molecular weight excluding hydrogens is 212 g/mol. The average molecular weight is 226 g/mol. The van der Waals surface area contributed by atoms with Gasteiger partial charge in [0.2, 0.25) is 0 Å². The summed E-state index contributed by atoms with van der Waals surface area (Å²) in [4.78, 5) is 14.6. The summed E-state index contributed by atoms with van der Waals surface area (Å²) in [6.45, 7) is 0. The Kier molecular flexibility index (Phi) is 4.21. The predicted molar refractivity (Wildman–Crippen MR) is 56.2 cm³/mol. The largest absolute Gasteiger partial charge is 0.469 e. The van der Waals surface area contributed by atoms with Gasteiger partial charge in [0.25, 0.3) is 0 Å². The summed E-state index contributed by atoms with van der Waals surface area (Å²) in [5.74, 6) is -0.351. The zero-order chi connectivity index (χ0) is 12.1. The normalized spacial score (nSPS) is 14.2. The van der Waals surface area contributed by atoms with Crippen molar-refractivity contribution in [2.45, 2.75) is 18.6 Å². The van der Waals surface area contributed by atoms with Crippen molar-refractivity contribution in [2.24, 2.45) is 0 Å². The van der Waals surface area contributed by atoms with Gasteiger partial charge in [-0.1, -0.05) is 0 Å². The lowest BCUT2D eigenvalue weighted by Gasteiger charge is -2.17. The van der Waals surface area contributed by atoms with Gasteiger partial charge in [0.05, 0.1) is 19.6 Å². The lowest BCUT2D eigenvalue weighted by molar-refractivity contribution is -0.144. The maximum Gasteiger partial charge on any atom is 0.308 e. The van der Waals surface area contributed by atoms with Crippen molar-refractivity contribution in [1.82, 2.24) is 4.98 Å². The molecule has 16 heavy (non-hydrogen) atoms. The Labute approximate surface area is 92.7 Å². The van der Waals surface area contributed by atoms with Gasteiger partial charge in [-0.05, 0) is 17.7 Å². The van der Waals surface area contributed by atoms with Crippen molar-refractivity contribution < 1.29 is 19.7 Å². The smallest absolute Gasteiger partial charge is 0.308 e. The zero-order valence-electron chi connectivity index (χ0n) is 8.83. The second-order valence-corrected chi connectivity index (χ2v) is 3.31. The van der Waals surface area contributed by atoms with Crippen LogP contribution in [0.4, 0.5) is 5.82 Å². The molecule has 0 aliphatic rings. The Bertz CT molecular complexity index is 370. The number of aromatic nitrogens is 1. The maximum atomic E-state index is 10.9. The van der Waals surface area contributed by atoms with Crippen LogP contribution in [0, 0.1) is 0 Å². The molecule has 2 unspecified atom stereocenters. The van der Waals surface area contributed by atoms with Crippen LogP contribution in [0.25, 0.3) is 0 Å². The van der Waals surface area contributed by atoms with E-state index in [2.05, 4.69) is 9.72 Å². The van der Waals surface area contributed by atoms with E-state index in [0.29, 0.717) is 5.56 Å². The summed E-state index contributed by atoms with van der Waals surface area (Å²) >= 11 is 0. The molecule has 0 bridgehead atoms. The number of hydrogen-bond donors (Lipinski definition) is 3. The highest BCUT2D eigenvalue weighted by atomic mass is 16.5. The van der Waals surface area contributed by atoms with Crippen LogP contribution in [-0.2, 0) is 9.53 Å². The Balaban J connectivity index is 2.70. The topological polar surface area (TPSA) is 106 Å². The number of ether oxygens (including phenoxy) is 1. The fourth-order valence-corrected chi connectivity index (χ4v) is 1.24. The standard InChI is InChI=1S/C10H14N2O4/c1-16-9(14)5-7(13)10(15)6-2-3-12-8(11)4-6/h2-4,7,10,13,15H,5H2,1H3,(H2,11,12). The van der Waals surface area contributed by atoms with Crippen LogP contribution in [0.5, 0.6) is 0 Å². The fourth-order valence-electron chi connectivity index (χ4n) is 1.24. The summed E-state index contributed by atoms with van der Waals surface area (Å²) in [5, 5.41) is 19.3. The van der Waals surface area contributed by atoms with Crippen molar-refractivity contribution >= 4 is 11.8 Å². The number of aliphatic hydroxyl groups is 2. The van der Waals surface area contributed by atoms with Gasteiger partial charge in [0.15, 0.2) is 0 Å². The third-order valence-electron chi connectivity index (χ3n) is 2.11. The summed E-state index contributed by atoms with van der Waals surface area (Å²) in [6, 6.07) is 2.95. The summed E-state index contributed by atoms with van der Waals surface area (Å²) in [6.07, 6.45) is -1.28. The molecule has 0 saturated heterocycles. The number of carbonyl (C=O) groups excluding carboxylic acids is 1. The molecule has 1 heterocycles. The van der Waals surface area contributed by atoms with Gasteiger partial charge in [-0.2, -0.15) is 0 Å². The average Bonchev–Trinajstić information content (AvgIpc) is 2.27. The van der Waals surface area contributed by atoms with E-state index < -0.39 is 18.2 Å². The van der Waals surface area contributed by atoms with Crippen LogP contribution >= 0.6 is 0 Å². The third-order valence-corrected chi connectivity index (χ3v) is 2.11. The Morgan fingerprint density at radius 1 is 1.62 bits per heavy atom. The number of carbonyl (C=O) groups is 1. The van der Waals surface area contributed by atoms with Crippen LogP contribution in [0.3, 0.4) is 0 Å². The van der Waals surface area contributed by atoms with Gasteiger partial charge in [0.1, 0.15) is 11.9 Å². The van der Waals surface area contributed by atoms with E-state index in [0.717, 1.165) is 0 Å². The van der Waals surface area contributed by atoms with E-state index in [9.17, 15) is 15.0 Å². The molecule has 0 aliphatic heterocycles. The van der Waals surface area contributed by atoms with Gasteiger partial charge in [-0.25, -0.2) is 4.98 Å². The van der Waals surface area contributed by atoms with Crippen LogP contribution in [0.2, 0.25) is 0 Å². The molecule has 6 heteroatoms. The first-order chi connectivity index (χ1) is 7.54. The van der Waals surface area contributed by atoms with Gasteiger partial charge in [-0.3, -0.25) is 4.79 Å². The number of hydrogen-bond acceptors (Lipinski definition) is 6. The molecule has 2 atom stereocenters. The first-order valence-electron chi connectivity index (χ1n) is 4.69. The Morgan fingerprint density at radius 2 is 2.31 bits per heavy atom. The number of rotatable bonds is 4. The van der Waals surface area contributed by atoms with Gasteiger partial charge in [-0.15, -0.1) is 0 Å². The van der Waals surface area contributed by atoms with E-state index >= 15 is 0 Å². The number of esters is 1. The van der Waals surface area contributed by atoms with E-state index in [1.165, 1.54) is 25.4 Å². The number of aliphatic hydroxyl groups excluding tert-OH is 2. The molecule has 0 radical (unpaired) electrons. The number of methoxy groups -OCH3 is 1. The predicted octanol–water partition coefficient (Wildman–Crippen LogP) is -0.379. The van der Waals surface area contributed by atoms with Crippen molar-refractivity contribution in [1.29, 1.82) is 0 Å². The third kappa shape index (κ3) is 3.18. The molecule has 0 spiro atoms. The molecule has 0 aromatic carbocycles. The van der Waals surface area contributed by atoms with E-state index in [-0.39, 0.29) is 12.2 Å². The molecule has 88 valence electrons. The molecule has 1 rings (SSSR count). The first kappa shape index (κ1) is 12.4. The molecule has 1 aromatic heterocycles. The van der Waals surface area contributed by atoms with Crippen molar-refractivity contribution in [3.05, 3.63) is 23.9 Å². The minimum absolute atomic E-state index is 0.238. The van der Waals surface area contributed by atoms with Gasteiger partial charge >= 0.3 is 5.97 Å². The minimum Gasteiger partial charge on any atom is -0.469 e. The summed E-state index contributed by atoms with van der Waals surface area (Å²) < 4.78 is 4.38. The molecular formula is C10H14N2O4. The second-order valence-electron chi connectivity index (χ2n) is 3.31. The summed E-state index contributed by atoms with van der Waals surface area (Å²) in [7, 11) is 1.21. The number of anilines is 1. The number of nitrogens with two attached hydrogens (primary N) is 1. The number of pyridine rings is 1. The number of nitrogens with zero attached hydrogens (tertiary/aromatic N) is 1. The Hall–Kier alpha value is -1.66. The molecule has 1 aromatic rings. The molecule has 0 fully saturated rings. The van der Waals surface area contributed by atoms with Crippen molar-refractivity contribution in [3.8, 4) is 0 Å².